The average molecular weight is 307 g/mol. The third-order valence-corrected chi connectivity index (χ3v) is 5.47. The van der Waals surface area contributed by atoms with Gasteiger partial charge in [-0.2, -0.15) is 0 Å². The highest BCUT2D eigenvalue weighted by molar-refractivity contribution is 6.33. The van der Waals surface area contributed by atoms with Gasteiger partial charge in [0.2, 0.25) is 0 Å². The van der Waals surface area contributed by atoms with Gasteiger partial charge in [-0.25, -0.2) is 0 Å². The minimum atomic E-state index is 0.716. The molecule has 0 amide bonds. The van der Waals surface area contributed by atoms with E-state index in [2.05, 4.69) is 35.3 Å². The lowest BCUT2D eigenvalue weighted by atomic mass is 9.78. The summed E-state index contributed by atoms with van der Waals surface area (Å²) in [4.78, 5) is 2.64. The third-order valence-electron chi connectivity index (χ3n) is 5.17. The van der Waals surface area contributed by atoms with Crippen molar-refractivity contribution in [2.75, 3.05) is 18.0 Å². The van der Waals surface area contributed by atoms with Gasteiger partial charge >= 0.3 is 0 Å². The molecule has 3 heteroatoms. The van der Waals surface area contributed by atoms with Gasteiger partial charge in [0.1, 0.15) is 0 Å². The molecule has 1 heterocycles. The molecular weight excluding hydrogens is 280 g/mol. The summed E-state index contributed by atoms with van der Waals surface area (Å²) in [5.41, 5.74) is 2.66. The predicted molar refractivity (Wildman–Crippen MR) is 91.2 cm³/mol. The van der Waals surface area contributed by atoms with E-state index in [1.807, 2.05) is 0 Å². The number of piperidine rings is 1. The average Bonchev–Trinajstić information content (AvgIpc) is 2.52. The van der Waals surface area contributed by atoms with Crippen LogP contribution < -0.4 is 10.2 Å². The van der Waals surface area contributed by atoms with Crippen molar-refractivity contribution >= 4 is 17.3 Å². The van der Waals surface area contributed by atoms with Crippen LogP contribution in [0.1, 0.15) is 51.0 Å². The van der Waals surface area contributed by atoms with E-state index in [0.717, 1.165) is 24.0 Å². The van der Waals surface area contributed by atoms with Gasteiger partial charge in [0, 0.05) is 19.1 Å². The lowest BCUT2D eigenvalue weighted by molar-refractivity contribution is 0.243. The van der Waals surface area contributed by atoms with Crippen LogP contribution in [0.4, 0.5) is 5.69 Å². The molecular formula is C18H27ClN2. The summed E-state index contributed by atoms with van der Waals surface area (Å²) < 4.78 is 0. The Balaban J connectivity index is 1.90. The zero-order valence-electron chi connectivity index (χ0n) is 13.1. The number of nitrogens with one attached hydrogen (secondary N) is 1. The van der Waals surface area contributed by atoms with E-state index < -0.39 is 0 Å². The maximum absolute atomic E-state index is 6.60. The van der Waals surface area contributed by atoms with Gasteiger partial charge in [0.15, 0.2) is 0 Å². The molecule has 1 N–H and O–H groups in total. The Morgan fingerprint density at radius 3 is 2.86 bits per heavy atom. The molecule has 0 spiro atoms. The molecule has 2 aliphatic rings. The molecule has 1 aromatic carbocycles. The summed E-state index contributed by atoms with van der Waals surface area (Å²) in [5, 5.41) is 4.39. The molecule has 2 fully saturated rings. The van der Waals surface area contributed by atoms with Gasteiger partial charge in [0.25, 0.3) is 0 Å². The minimum absolute atomic E-state index is 0.716. The van der Waals surface area contributed by atoms with Gasteiger partial charge in [-0.3, -0.25) is 0 Å². The first-order valence-corrected chi connectivity index (χ1v) is 8.93. The van der Waals surface area contributed by atoms with Crippen molar-refractivity contribution in [3.63, 3.8) is 0 Å². The highest BCUT2D eigenvalue weighted by Crippen LogP contribution is 2.41. The normalized spacial score (nSPS) is 25.7. The van der Waals surface area contributed by atoms with E-state index >= 15 is 0 Å². The van der Waals surface area contributed by atoms with Crippen molar-refractivity contribution in [1.82, 2.24) is 5.32 Å². The van der Waals surface area contributed by atoms with Crippen LogP contribution in [0.2, 0.25) is 5.02 Å². The van der Waals surface area contributed by atoms with Crippen LogP contribution in [0, 0.1) is 5.92 Å². The topological polar surface area (TPSA) is 15.3 Å². The second kappa shape index (κ2) is 7.02. The van der Waals surface area contributed by atoms with Crippen molar-refractivity contribution in [2.24, 2.45) is 5.92 Å². The van der Waals surface area contributed by atoms with Crippen LogP contribution in [-0.2, 0) is 6.54 Å². The first-order chi connectivity index (χ1) is 10.3. The number of rotatable bonds is 4. The number of para-hydroxylation sites is 1. The fourth-order valence-corrected chi connectivity index (χ4v) is 4.49. The summed E-state index contributed by atoms with van der Waals surface area (Å²) in [5.74, 6) is 0.885. The molecule has 1 saturated heterocycles. The Kier molecular flexibility index (Phi) is 5.07. The van der Waals surface area contributed by atoms with Crippen LogP contribution in [0.15, 0.2) is 18.2 Å². The van der Waals surface area contributed by atoms with Gasteiger partial charge < -0.3 is 10.2 Å². The van der Waals surface area contributed by atoms with Crippen LogP contribution in [0.3, 0.4) is 0 Å². The molecule has 116 valence electrons. The second-order valence-electron chi connectivity index (χ2n) is 6.48. The lowest BCUT2D eigenvalue weighted by Gasteiger charge is -2.46. The molecule has 0 bridgehead atoms. The van der Waals surface area contributed by atoms with Crippen molar-refractivity contribution in [1.29, 1.82) is 0 Å². The number of hydrogen-bond acceptors (Lipinski definition) is 2. The number of halogens is 1. The molecule has 1 saturated carbocycles. The molecule has 0 radical (unpaired) electrons. The first-order valence-electron chi connectivity index (χ1n) is 8.56. The monoisotopic (exact) mass is 306 g/mol. The van der Waals surface area contributed by atoms with Crippen LogP contribution in [0.5, 0.6) is 0 Å². The molecule has 1 aromatic rings. The molecule has 2 unspecified atom stereocenters. The molecule has 2 atom stereocenters. The maximum Gasteiger partial charge on any atom is 0.0643 e. The number of fused-ring (bicyclic) bond motifs is 1. The number of nitrogens with zero attached hydrogens (tertiary/aromatic N) is 1. The maximum atomic E-state index is 6.60. The summed E-state index contributed by atoms with van der Waals surface area (Å²) in [6.07, 6.45) is 8.28. The zero-order valence-corrected chi connectivity index (χ0v) is 13.8. The van der Waals surface area contributed by atoms with E-state index in [1.165, 1.54) is 56.3 Å². The van der Waals surface area contributed by atoms with Crippen LogP contribution in [0.25, 0.3) is 0 Å². The predicted octanol–water partition coefficient (Wildman–Crippen LogP) is 4.61. The van der Waals surface area contributed by atoms with Gasteiger partial charge in [-0.05, 0) is 49.8 Å². The van der Waals surface area contributed by atoms with Crippen LogP contribution >= 0.6 is 11.6 Å². The minimum Gasteiger partial charge on any atom is -0.367 e. The Labute approximate surface area is 133 Å². The summed E-state index contributed by atoms with van der Waals surface area (Å²) in [6.45, 7) is 5.24. The fourth-order valence-electron chi connectivity index (χ4n) is 4.19. The van der Waals surface area contributed by atoms with Gasteiger partial charge in [0.05, 0.1) is 10.7 Å². The van der Waals surface area contributed by atoms with E-state index in [-0.39, 0.29) is 0 Å². The fraction of sp³-hybridized carbons (Fsp3) is 0.667. The van der Waals surface area contributed by atoms with Crippen molar-refractivity contribution in [3.8, 4) is 0 Å². The van der Waals surface area contributed by atoms with E-state index in [0.29, 0.717) is 6.04 Å². The summed E-state index contributed by atoms with van der Waals surface area (Å²) >= 11 is 6.60. The Hall–Kier alpha value is -0.730. The number of anilines is 1. The highest BCUT2D eigenvalue weighted by atomic mass is 35.5. The Morgan fingerprint density at radius 2 is 2.00 bits per heavy atom. The first kappa shape index (κ1) is 15.2. The number of benzene rings is 1. The molecule has 21 heavy (non-hydrogen) atoms. The standard InChI is InChI=1S/C18H27ClN2/c1-2-20-13-15-8-5-10-16(19)18(15)21-12-6-9-14-7-3-4-11-17(14)21/h5,8,10,14,17,20H,2-4,6-7,9,11-13H2,1H3. The van der Waals surface area contributed by atoms with E-state index in [1.54, 1.807) is 0 Å². The molecule has 1 aliphatic heterocycles. The number of hydrogen-bond donors (Lipinski definition) is 1. The van der Waals surface area contributed by atoms with Crippen molar-refractivity contribution < 1.29 is 0 Å². The SMILES string of the molecule is CCNCc1cccc(Cl)c1N1CCCC2CCCCC21. The third kappa shape index (κ3) is 3.22. The smallest absolute Gasteiger partial charge is 0.0643 e. The van der Waals surface area contributed by atoms with Crippen LogP contribution in [-0.4, -0.2) is 19.1 Å². The van der Waals surface area contributed by atoms with E-state index in [9.17, 15) is 0 Å². The summed E-state index contributed by atoms with van der Waals surface area (Å²) in [7, 11) is 0. The quantitative estimate of drug-likeness (QED) is 0.874. The van der Waals surface area contributed by atoms with E-state index in [4.69, 9.17) is 11.6 Å². The second-order valence-corrected chi connectivity index (χ2v) is 6.88. The molecule has 0 aromatic heterocycles. The van der Waals surface area contributed by atoms with Gasteiger partial charge in [-0.15, -0.1) is 0 Å². The zero-order chi connectivity index (χ0) is 14.7. The van der Waals surface area contributed by atoms with Gasteiger partial charge in [-0.1, -0.05) is 43.5 Å². The van der Waals surface area contributed by atoms with Crippen molar-refractivity contribution in [2.45, 2.75) is 58.0 Å². The Bertz CT molecular complexity index is 472. The molecule has 2 nitrogen and oxygen atoms in total. The molecule has 3 rings (SSSR count). The largest absolute Gasteiger partial charge is 0.367 e. The van der Waals surface area contributed by atoms with Crippen molar-refractivity contribution in [3.05, 3.63) is 28.8 Å². The highest BCUT2D eigenvalue weighted by Gasteiger charge is 2.34. The lowest BCUT2D eigenvalue weighted by Crippen LogP contribution is -2.47. The Morgan fingerprint density at radius 1 is 1.19 bits per heavy atom. The molecule has 1 aliphatic carbocycles. The summed E-state index contributed by atoms with van der Waals surface area (Å²) in [6, 6.07) is 7.09.